The highest BCUT2D eigenvalue weighted by molar-refractivity contribution is 7.21. The lowest BCUT2D eigenvalue weighted by Gasteiger charge is -2.11. The van der Waals surface area contributed by atoms with Crippen LogP contribution >= 0.6 is 23.7 Å². The first kappa shape index (κ1) is 22.2. The second-order valence-corrected chi connectivity index (χ2v) is 8.43. The van der Waals surface area contributed by atoms with E-state index in [9.17, 15) is 0 Å². The minimum atomic E-state index is 0. The van der Waals surface area contributed by atoms with E-state index in [1.54, 1.807) is 11.3 Å². The van der Waals surface area contributed by atoms with Crippen LogP contribution in [0.3, 0.4) is 0 Å². The number of aromatic nitrogens is 2. The lowest BCUT2D eigenvalue weighted by Crippen LogP contribution is -2.14. The molecule has 0 bridgehead atoms. The van der Waals surface area contributed by atoms with Gasteiger partial charge >= 0.3 is 0 Å². The van der Waals surface area contributed by atoms with E-state index in [-0.39, 0.29) is 12.4 Å². The quantitative estimate of drug-likeness (QED) is 0.332. The van der Waals surface area contributed by atoms with Crippen LogP contribution in [0.4, 0.5) is 5.82 Å². The Balaban J connectivity index is 0.00000256. The van der Waals surface area contributed by atoms with Gasteiger partial charge in [0.05, 0.1) is 5.39 Å². The maximum absolute atomic E-state index is 4.88. The summed E-state index contributed by atoms with van der Waals surface area (Å²) in [5.41, 5.74) is 2.26. The second-order valence-electron chi connectivity index (χ2n) is 7.39. The molecule has 0 saturated heterocycles. The summed E-state index contributed by atoms with van der Waals surface area (Å²) in [5.74, 6) is 1.70. The third kappa shape index (κ3) is 5.36. The number of hydrogen-bond acceptors (Lipinski definition) is 5. The number of thiophene rings is 1. The fourth-order valence-corrected chi connectivity index (χ4v) is 4.31. The summed E-state index contributed by atoms with van der Waals surface area (Å²) in [4.78, 5) is 14.2. The van der Waals surface area contributed by atoms with Gasteiger partial charge in [0.1, 0.15) is 10.6 Å². The van der Waals surface area contributed by atoms with E-state index < -0.39 is 0 Å². The molecule has 0 aliphatic heterocycles. The number of nitrogens with one attached hydrogen (secondary N) is 1. The third-order valence-electron chi connectivity index (χ3n) is 4.81. The van der Waals surface area contributed by atoms with Gasteiger partial charge in [0, 0.05) is 17.0 Å². The second kappa shape index (κ2) is 10.5. The van der Waals surface area contributed by atoms with Gasteiger partial charge < -0.3 is 10.2 Å². The molecule has 2 aromatic heterocycles. The van der Waals surface area contributed by atoms with Crippen LogP contribution in [0, 0.1) is 0 Å². The minimum Gasteiger partial charge on any atom is -0.369 e. The average molecular weight is 439 g/mol. The van der Waals surface area contributed by atoms with Crippen LogP contribution in [-0.4, -0.2) is 42.1 Å². The zero-order chi connectivity index (χ0) is 20.1. The fourth-order valence-electron chi connectivity index (χ4n) is 3.28. The fraction of sp³-hybridized carbons (Fsp3) is 0.250. The van der Waals surface area contributed by atoms with Gasteiger partial charge in [0.15, 0.2) is 5.82 Å². The number of rotatable bonds is 8. The van der Waals surface area contributed by atoms with Crippen LogP contribution in [0.2, 0.25) is 0 Å². The van der Waals surface area contributed by atoms with E-state index in [1.807, 2.05) is 24.3 Å². The van der Waals surface area contributed by atoms with Gasteiger partial charge in [-0.05, 0) is 45.1 Å². The van der Waals surface area contributed by atoms with Crippen LogP contribution in [0.25, 0.3) is 32.0 Å². The maximum Gasteiger partial charge on any atom is 0.163 e. The summed E-state index contributed by atoms with van der Waals surface area (Å²) < 4.78 is 0. The van der Waals surface area contributed by atoms with Crippen LogP contribution in [0.15, 0.2) is 66.7 Å². The normalized spacial score (nSPS) is 10.9. The van der Waals surface area contributed by atoms with Crippen LogP contribution in [0.5, 0.6) is 0 Å². The average Bonchev–Trinajstić information content (AvgIpc) is 3.19. The Kier molecular flexibility index (Phi) is 7.80. The van der Waals surface area contributed by atoms with Gasteiger partial charge in [-0.2, -0.15) is 0 Å². The first-order valence-corrected chi connectivity index (χ1v) is 10.8. The standard InChI is InChI=1S/C24H26N4S.ClH/c1-28(2)16-10-9-15-25-23-20-17-21(18-11-5-3-6-12-18)29-24(20)27-22(26-23)19-13-7-4-8-14-19;/h3-8,11-14,17H,9-10,15-16H2,1-2H3,(H,25,26,27);1H. The van der Waals surface area contributed by atoms with Crippen molar-refractivity contribution in [2.75, 3.05) is 32.5 Å². The summed E-state index contributed by atoms with van der Waals surface area (Å²) in [6, 6.07) is 22.9. The Labute approximate surface area is 188 Å². The summed E-state index contributed by atoms with van der Waals surface area (Å²) >= 11 is 1.72. The molecular formula is C24H27ClN4S. The lowest BCUT2D eigenvalue weighted by molar-refractivity contribution is 0.396. The summed E-state index contributed by atoms with van der Waals surface area (Å²) in [5, 5.41) is 4.67. The number of nitrogens with zero attached hydrogens (tertiary/aromatic N) is 3. The number of unbranched alkanes of at least 4 members (excludes halogenated alkanes) is 1. The molecular weight excluding hydrogens is 412 g/mol. The number of fused-ring (bicyclic) bond motifs is 1. The molecule has 0 amide bonds. The van der Waals surface area contributed by atoms with Gasteiger partial charge in [-0.1, -0.05) is 60.7 Å². The van der Waals surface area contributed by atoms with E-state index >= 15 is 0 Å². The van der Waals surface area contributed by atoms with Crippen molar-refractivity contribution in [3.8, 4) is 21.8 Å². The molecule has 4 nitrogen and oxygen atoms in total. The maximum atomic E-state index is 4.88. The molecule has 2 aromatic carbocycles. The Hall–Kier alpha value is -2.47. The van der Waals surface area contributed by atoms with Crippen LogP contribution in [0.1, 0.15) is 12.8 Å². The molecule has 0 unspecified atom stereocenters. The zero-order valence-corrected chi connectivity index (χ0v) is 19.0. The van der Waals surface area contributed by atoms with Crippen molar-refractivity contribution in [3.63, 3.8) is 0 Å². The van der Waals surface area contributed by atoms with Crippen molar-refractivity contribution in [3.05, 3.63) is 66.7 Å². The van der Waals surface area contributed by atoms with E-state index in [4.69, 9.17) is 9.97 Å². The molecule has 0 spiro atoms. The molecule has 156 valence electrons. The van der Waals surface area contributed by atoms with Crippen molar-refractivity contribution >= 4 is 39.8 Å². The van der Waals surface area contributed by atoms with Crippen molar-refractivity contribution in [1.29, 1.82) is 0 Å². The predicted molar refractivity (Wildman–Crippen MR) is 132 cm³/mol. The van der Waals surface area contributed by atoms with Crippen molar-refractivity contribution < 1.29 is 0 Å². The SMILES string of the molecule is CN(C)CCCCNc1nc(-c2ccccc2)nc2sc(-c3ccccc3)cc12.Cl. The summed E-state index contributed by atoms with van der Waals surface area (Å²) in [6.07, 6.45) is 2.28. The molecule has 6 heteroatoms. The van der Waals surface area contributed by atoms with Crippen LogP contribution < -0.4 is 5.32 Å². The highest BCUT2D eigenvalue weighted by atomic mass is 35.5. The Morgan fingerprint density at radius 1 is 0.867 bits per heavy atom. The predicted octanol–water partition coefficient (Wildman–Crippen LogP) is 6.20. The third-order valence-corrected chi connectivity index (χ3v) is 5.89. The highest BCUT2D eigenvalue weighted by Crippen LogP contribution is 2.36. The van der Waals surface area contributed by atoms with Crippen LogP contribution in [-0.2, 0) is 0 Å². The van der Waals surface area contributed by atoms with Gasteiger partial charge in [-0.15, -0.1) is 23.7 Å². The molecule has 0 aliphatic carbocycles. The Bertz CT molecular complexity index is 1060. The molecule has 0 aliphatic rings. The molecule has 0 saturated carbocycles. The first-order valence-electron chi connectivity index (χ1n) is 10.0. The number of hydrogen-bond donors (Lipinski definition) is 1. The summed E-state index contributed by atoms with van der Waals surface area (Å²) in [6.45, 7) is 2.01. The topological polar surface area (TPSA) is 41.0 Å². The Morgan fingerprint density at radius 2 is 1.53 bits per heavy atom. The van der Waals surface area contributed by atoms with Crippen molar-refractivity contribution in [2.45, 2.75) is 12.8 Å². The van der Waals surface area contributed by atoms with Gasteiger partial charge in [0.2, 0.25) is 0 Å². The monoisotopic (exact) mass is 438 g/mol. The Morgan fingerprint density at radius 3 is 2.20 bits per heavy atom. The molecule has 0 radical (unpaired) electrons. The number of halogens is 1. The number of benzene rings is 2. The van der Waals surface area contributed by atoms with Crippen molar-refractivity contribution in [2.24, 2.45) is 0 Å². The summed E-state index contributed by atoms with van der Waals surface area (Å²) in [7, 11) is 4.23. The molecule has 4 rings (SSSR count). The van der Waals surface area contributed by atoms with E-state index in [0.29, 0.717) is 0 Å². The molecule has 0 fully saturated rings. The number of anilines is 1. The molecule has 0 atom stereocenters. The molecule has 2 heterocycles. The van der Waals surface area contributed by atoms with E-state index in [2.05, 4.69) is 66.8 Å². The molecule has 30 heavy (non-hydrogen) atoms. The smallest absolute Gasteiger partial charge is 0.163 e. The van der Waals surface area contributed by atoms with Gasteiger partial charge in [-0.25, -0.2) is 9.97 Å². The van der Waals surface area contributed by atoms with E-state index in [0.717, 1.165) is 46.9 Å². The molecule has 1 N–H and O–H groups in total. The first-order chi connectivity index (χ1) is 14.2. The lowest BCUT2D eigenvalue weighted by atomic mass is 10.2. The largest absolute Gasteiger partial charge is 0.369 e. The molecule has 4 aromatic rings. The van der Waals surface area contributed by atoms with Gasteiger partial charge in [-0.3, -0.25) is 0 Å². The zero-order valence-electron chi connectivity index (χ0n) is 17.3. The minimum absolute atomic E-state index is 0. The van der Waals surface area contributed by atoms with E-state index in [1.165, 1.54) is 16.9 Å². The van der Waals surface area contributed by atoms with Crippen molar-refractivity contribution in [1.82, 2.24) is 14.9 Å². The highest BCUT2D eigenvalue weighted by Gasteiger charge is 2.13. The van der Waals surface area contributed by atoms with Gasteiger partial charge in [0.25, 0.3) is 0 Å².